The van der Waals surface area contributed by atoms with Crippen molar-refractivity contribution in [2.75, 3.05) is 10.6 Å². The Bertz CT molecular complexity index is 1300. The molecule has 3 N–H and O–H groups in total. The van der Waals surface area contributed by atoms with E-state index in [0.29, 0.717) is 22.0 Å². The number of halogens is 3. The molecule has 11 heteroatoms. The summed E-state index contributed by atoms with van der Waals surface area (Å²) < 4.78 is 34.7. The Morgan fingerprint density at radius 3 is 2.59 bits per heavy atom. The van der Waals surface area contributed by atoms with Crippen LogP contribution in [0.3, 0.4) is 0 Å². The number of rotatable bonds is 5. The van der Waals surface area contributed by atoms with Gasteiger partial charge in [-0.15, -0.1) is 5.10 Å². The molecule has 3 heterocycles. The van der Waals surface area contributed by atoms with Crippen LogP contribution >= 0.6 is 11.6 Å². The number of nitrogens with zero attached hydrogens (tertiary/aromatic N) is 3. The number of hydrogen-bond acceptors (Lipinski definition) is 5. The average Bonchev–Trinajstić information content (AvgIpc) is 3.54. The van der Waals surface area contributed by atoms with Gasteiger partial charge in [0.15, 0.2) is 23.2 Å². The molecule has 162 valence electrons. The van der Waals surface area contributed by atoms with E-state index in [1.165, 1.54) is 18.5 Å². The van der Waals surface area contributed by atoms with Gasteiger partial charge in [-0.25, -0.2) is 18.6 Å². The fraction of sp³-hybridized carbons (Fsp3) is 0.143. The summed E-state index contributed by atoms with van der Waals surface area (Å²) >= 11 is 6.10. The number of fused-ring (bicyclic) bond motifs is 1. The summed E-state index contributed by atoms with van der Waals surface area (Å²) in [5, 5.41) is 13.5. The normalized spacial score (nSPS) is 13.2. The minimum atomic E-state index is -1.01. The fourth-order valence-corrected chi connectivity index (χ4v) is 3.43. The second-order valence-corrected chi connectivity index (χ2v) is 7.64. The van der Waals surface area contributed by atoms with Crippen LogP contribution in [0.1, 0.15) is 24.5 Å². The first kappa shape index (κ1) is 20.1. The highest BCUT2D eigenvalue weighted by molar-refractivity contribution is 6.36. The summed E-state index contributed by atoms with van der Waals surface area (Å²) in [6.45, 7) is 0. The smallest absolute Gasteiger partial charge is 0.324 e. The minimum Gasteiger partial charge on any atom is -0.450 e. The molecule has 2 amide bonds. The van der Waals surface area contributed by atoms with Gasteiger partial charge in [0, 0.05) is 36.1 Å². The van der Waals surface area contributed by atoms with E-state index in [1.54, 1.807) is 12.1 Å². The van der Waals surface area contributed by atoms with Crippen molar-refractivity contribution in [1.82, 2.24) is 20.2 Å². The van der Waals surface area contributed by atoms with Gasteiger partial charge in [0.2, 0.25) is 0 Å². The summed E-state index contributed by atoms with van der Waals surface area (Å²) in [4.78, 5) is 19.1. The standard InChI is InChI=1S/C21H15ClF2N6O2/c22-12-9-26-20-18(12)16(5-6-25-20)32-19-13(23)7-11(8-14(19)24)27-21(31)28-17-4-3-15(29-30-17)10-1-2-10/h3-10H,1-2H2,(H,25,26)(H2,27,28,30,31). The van der Waals surface area contributed by atoms with E-state index in [1.807, 2.05) is 0 Å². The molecule has 0 atom stereocenters. The lowest BCUT2D eigenvalue weighted by Gasteiger charge is -2.12. The number of carbonyl (C=O) groups is 1. The minimum absolute atomic E-state index is 0.105. The van der Waals surface area contributed by atoms with Crippen LogP contribution in [0.2, 0.25) is 5.02 Å². The predicted molar refractivity (Wildman–Crippen MR) is 114 cm³/mol. The van der Waals surface area contributed by atoms with Gasteiger partial charge in [-0.2, -0.15) is 5.10 Å². The van der Waals surface area contributed by atoms with Gasteiger partial charge >= 0.3 is 6.03 Å². The number of urea groups is 1. The second-order valence-electron chi connectivity index (χ2n) is 7.24. The molecule has 0 aliphatic heterocycles. The van der Waals surface area contributed by atoms with Gasteiger partial charge in [0.25, 0.3) is 0 Å². The largest absolute Gasteiger partial charge is 0.450 e. The first-order valence-corrected chi connectivity index (χ1v) is 10.1. The molecular weight excluding hydrogens is 442 g/mol. The molecule has 1 aromatic carbocycles. The van der Waals surface area contributed by atoms with E-state index < -0.39 is 23.4 Å². The molecule has 0 saturated heterocycles. The van der Waals surface area contributed by atoms with Crippen LogP contribution in [0.25, 0.3) is 11.0 Å². The molecule has 8 nitrogen and oxygen atoms in total. The number of carbonyl (C=O) groups excluding carboxylic acids is 1. The Balaban J connectivity index is 1.30. The Kier molecular flexibility index (Phi) is 5.06. The fourth-order valence-electron chi connectivity index (χ4n) is 3.20. The third kappa shape index (κ3) is 4.04. The third-order valence-electron chi connectivity index (χ3n) is 4.88. The zero-order chi connectivity index (χ0) is 22.2. The lowest BCUT2D eigenvalue weighted by atomic mass is 10.2. The molecule has 1 fully saturated rings. The van der Waals surface area contributed by atoms with E-state index >= 15 is 0 Å². The first-order valence-electron chi connectivity index (χ1n) is 9.68. The van der Waals surface area contributed by atoms with Crippen LogP contribution in [0.5, 0.6) is 11.5 Å². The molecule has 1 saturated carbocycles. The van der Waals surface area contributed by atoms with Gasteiger partial charge in [-0.1, -0.05) is 11.6 Å². The predicted octanol–water partition coefficient (Wildman–Crippen LogP) is 5.60. The van der Waals surface area contributed by atoms with Crippen molar-refractivity contribution in [2.24, 2.45) is 0 Å². The van der Waals surface area contributed by atoms with E-state index in [9.17, 15) is 13.6 Å². The third-order valence-corrected chi connectivity index (χ3v) is 5.18. The van der Waals surface area contributed by atoms with Crippen molar-refractivity contribution in [1.29, 1.82) is 0 Å². The highest BCUT2D eigenvalue weighted by Crippen LogP contribution is 2.39. The number of nitrogens with one attached hydrogen (secondary N) is 3. The molecule has 32 heavy (non-hydrogen) atoms. The number of benzene rings is 1. The highest BCUT2D eigenvalue weighted by Gasteiger charge is 2.25. The molecular formula is C21H15ClF2N6O2. The number of hydrogen-bond donors (Lipinski definition) is 3. The lowest BCUT2D eigenvalue weighted by molar-refractivity contribution is 0.262. The molecule has 1 aliphatic carbocycles. The molecule has 5 rings (SSSR count). The Morgan fingerprint density at radius 1 is 1.12 bits per heavy atom. The monoisotopic (exact) mass is 456 g/mol. The van der Waals surface area contributed by atoms with Crippen molar-refractivity contribution in [2.45, 2.75) is 18.8 Å². The van der Waals surface area contributed by atoms with Crippen LogP contribution < -0.4 is 15.4 Å². The zero-order valence-electron chi connectivity index (χ0n) is 16.3. The molecule has 1 aliphatic rings. The van der Waals surface area contributed by atoms with Crippen LogP contribution in [0.4, 0.5) is 25.1 Å². The maximum absolute atomic E-state index is 14.6. The summed E-state index contributed by atoms with van der Waals surface area (Å²) in [6, 6.07) is 6.02. The van der Waals surface area contributed by atoms with Crippen LogP contribution in [0, 0.1) is 11.6 Å². The van der Waals surface area contributed by atoms with E-state index in [4.69, 9.17) is 16.3 Å². The Labute approximate surface area is 185 Å². The van der Waals surface area contributed by atoms with Crippen molar-refractivity contribution < 1.29 is 18.3 Å². The van der Waals surface area contributed by atoms with E-state index in [-0.39, 0.29) is 17.3 Å². The number of pyridine rings is 1. The summed E-state index contributed by atoms with van der Waals surface area (Å²) in [7, 11) is 0. The van der Waals surface area contributed by atoms with Crippen LogP contribution in [-0.2, 0) is 0 Å². The average molecular weight is 457 g/mol. The SMILES string of the molecule is O=C(Nc1cc(F)c(Oc2ccnc3[nH]cc(Cl)c23)c(F)c1)Nc1ccc(C2CC2)nn1. The summed E-state index contributed by atoms with van der Waals surface area (Å²) in [5.74, 6) is -1.87. The van der Waals surface area contributed by atoms with Gasteiger partial charge in [0.05, 0.1) is 16.1 Å². The highest BCUT2D eigenvalue weighted by atomic mass is 35.5. The topological polar surface area (TPSA) is 105 Å². The molecule has 3 aromatic heterocycles. The van der Waals surface area contributed by atoms with Crippen LogP contribution in [0.15, 0.2) is 42.7 Å². The lowest BCUT2D eigenvalue weighted by Crippen LogP contribution is -2.20. The van der Waals surface area contributed by atoms with Crippen molar-refractivity contribution in [3.8, 4) is 11.5 Å². The second kappa shape index (κ2) is 8.04. The van der Waals surface area contributed by atoms with Crippen molar-refractivity contribution in [3.05, 3.63) is 65.1 Å². The number of amides is 2. The maximum atomic E-state index is 14.6. The summed E-state index contributed by atoms with van der Waals surface area (Å²) in [5.41, 5.74) is 1.19. The zero-order valence-corrected chi connectivity index (χ0v) is 17.1. The van der Waals surface area contributed by atoms with Gasteiger partial charge in [-0.3, -0.25) is 5.32 Å². The van der Waals surface area contributed by atoms with Gasteiger partial charge in [0.1, 0.15) is 11.4 Å². The number of ether oxygens (including phenoxy) is 1. The summed E-state index contributed by atoms with van der Waals surface area (Å²) in [6.07, 6.45) is 5.08. The molecule has 0 spiro atoms. The first-order chi connectivity index (χ1) is 15.5. The van der Waals surface area contributed by atoms with Crippen LogP contribution in [-0.4, -0.2) is 26.2 Å². The van der Waals surface area contributed by atoms with Gasteiger partial charge < -0.3 is 15.0 Å². The number of H-pyrrole nitrogens is 1. The Hall–Kier alpha value is -3.79. The molecule has 0 radical (unpaired) electrons. The Morgan fingerprint density at radius 2 is 1.91 bits per heavy atom. The molecule has 0 unspecified atom stereocenters. The maximum Gasteiger partial charge on any atom is 0.324 e. The number of aromatic amines is 1. The van der Waals surface area contributed by atoms with Gasteiger partial charge in [-0.05, 0) is 31.0 Å². The quantitative estimate of drug-likeness (QED) is 0.362. The molecule has 0 bridgehead atoms. The number of anilines is 2. The van der Waals surface area contributed by atoms with Crippen molar-refractivity contribution >= 4 is 40.2 Å². The number of aromatic nitrogens is 4. The van der Waals surface area contributed by atoms with Crippen molar-refractivity contribution in [3.63, 3.8) is 0 Å². The van der Waals surface area contributed by atoms with E-state index in [0.717, 1.165) is 30.7 Å². The molecule has 4 aromatic rings. The van der Waals surface area contributed by atoms with E-state index in [2.05, 4.69) is 30.8 Å².